The number of piperidine rings is 1. The molecule has 112 valence electrons. The van der Waals surface area contributed by atoms with Gasteiger partial charge in [-0.05, 0) is 31.0 Å². The van der Waals surface area contributed by atoms with Crippen LogP contribution in [0.15, 0.2) is 36.9 Å². The Bertz CT molecular complexity index is 793. The van der Waals surface area contributed by atoms with Crippen LogP contribution in [-0.4, -0.2) is 48.7 Å². The zero-order valence-corrected chi connectivity index (χ0v) is 12.0. The number of H-pyrrole nitrogens is 1. The molecule has 0 spiro atoms. The molecular weight excluding hydrogens is 280 g/mol. The van der Waals surface area contributed by atoms with Gasteiger partial charge in [-0.2, -0.15) is 5.10 Å². The minimum atomic E-state index is 0.0165. The van der Waals surface area contributed by atoms with Crippen LogP contribution in [0.2, 0.25) is 0 Å². The largest absolute Gasteiger partial charge is 0.338 e. The van der Waals surface area contributed by atoms with E-state index in [0.29, 0.717) is 23.7 Å². The molecule has 22 heavy (non-hydrogen) atoms. The molecular formula is C15H16N6O. The third-order valence-corrected chi connectivity index (χ3v) is 4.22. The SMILES string of the molecule is O=C(c1cccn2cnnc12)N1CCC[C@@H](c2ccn[nH]2)C1. The van der Waals surface area contributed by atoms with Gasteiger partial charge in [-0.3, -0.25) is 14.3 Å². The Labute approximate surface area is 127 Å². The quantitative estimate of drug-likeness (QED) is 0.776. The average molecular weight is 296 g/mol. The summed E-state index contributed by atoms with van der Waals surface area (Å²) in [5, 5.41) is 15.0. The van der Waals surface area contributed by atoms with Crippen molar-refractivity contribution >= 4 is 11.6 Å². The van der Waals surface area contributed by atoms with Gasteiger partial charge in [0.1, 0.15) is 6.33 Å². The first kappa shape index (κ1) is 13.0. The van der Waals surface area contributed by atoms with E-state index < -0.39 is 0 Å². The lowest BCUT2D eigenvalue weighted by atomic mass is 9.94. The van der Waals surface area contributed by atoms with E-state index in [1.807, 2.05) is 29.3 Å². The van der Waals surface area contributed by atoms with Crippen molar-refractivity contribution in [1.82, 2.24) is 29.7 Å². The van der Waals surface area contributed by atoms with Crippen molar-refractivity contribution in [2.24, 2.45) is 0 Å². The van der Waals surface area contributed by atoms with Crippen LogP contribution in [0.1, 0.15) is 34.8 Å². The number of hydrogen-bond acceptors (Lipinski definition) is 4. The first-order chi connectivity index (χ1) is 10.8. The molecule has 0 radical (unpaired) electrons. The van der Waals surface area contributed by atoms with Crippen molar-refractivity contribution in [2.45, 2.75) is 18.8 Å². The van der Waals surface area contributed by atoms with Crippen molar-refractivity contribution in [3.8, 4) is 0 Å². The van der Waals surface area contributed by atoms with Gasteiger partial charge in [-0.25, -0.2) is 0 Å². The van der Waals surface area contributed by atoms with Gasteiger partial charge in [0, 0.05) is 37.1 Å². The third-order valence-electron chi connectivity index (χ3n) is 4.22. The second-order valence-corrected chi connectivity index (χ2v) is 5.59. The normalized spacial score (nSPS) is 18.7. The van der Waals surface area contributed by atoms with Crippen LogP contribution in [0.5, 0.6) is 0 Å². The van der Waals surface area contributed by atoms with E-state index >= 15 is 0 Å². The van der Waals surface area contributed by atoms with Crippen molar-refractivity contribution < 1.29 is 4.79 Å². The highest BCUT2D eigenvalue weighted by atomic mass is 16.2. The number of fused-ring (bicyclic) bond motifs is 1. The van der Waals surface area contributed by atoms with Crippen LogP contribution in [0.3, 0.4) is 0 Å². The number of pyridine rings is 1. The van der Waals surface area contributed by atoms with Crippen LogP contribution < -0.4 is 0 Å². The number of rotatable bonds is 2. The van der Waals surface area contributed by atoms with Gasteiger partial charge < -0.3 is 4.90 Å². The average Bonchev–Trinajstić information content (AvgIpc) is 3.25. The molecule has 3 aromatic heterocycles. The lowest BCUT2D eigenvalue weighted by molar-refractivity contribution is 0.0707. The second-order valence-electron chi connectivity index (χ2n) is 5.59. The third kappa shape index (κ3) is 2.14. The molecule has 7 nitrogen and oxygen atoms in total. The Morgan fingerprint density at radius 1 is 1.36 bits per heavy atom. The maximum Gasteiger partial charge on any atom is 0.257 e. The number of carbonyl (C=O) groups excluding carboxylic acids is 1. The monoisotopic (exact) mass is 296 g/mol. The molecule has 1 N–H and O–H groups in total. The Morgan fingerprint density at radius 2 is 2.32 bits per heavy atom. The molecule has 4 rings (SSSR count). The fourth-order valence-electron chi connectivity index (χ4n) is 3.10. The Kier molecular flexibility index (Phi) is 3.10. The predicted octanol–water partition coefficient (Wildman–Crippen LogP) is 1.47. The molecule has 4 heterocycles. The molecule has 1 aliphatic rings. The van der Waals surface area contributed by atoms with E-state index in [2.05, 4.69) is 20.4 Å². The summed E-state index contributed by atoms with van der Waals surface area (Å²) in [6, 6.07) is 5.64. The van der Waals surface area contributed by atoms with Gasteiger partial charge in [-0.1, -0.05) is 0 Å². The van der Waals surface area contributed by atoms with E-state index in [0.717, 1.165) is 25.1 Å². The lowest BCUT2D eigenvalue weighted by Gasteiger charge is -2.32. The number of aromatic amines is 1. The molecule has 0 unspecified atom stereocenters. The number of carbonyl (C=O) groups is 1. The second kappa shape index (κ2) is 5.25. The number of aromatic nitrogens is 5. The molecule has 0 saturated carbocycles. The fraction of sp³-hybridized carbons (Fsp3) is 0.333. The van der Waals surface area contributed by atoms with Gasteiger partial charge in [0.05, 0.1) is 5.56 Å². The van der Waals surface area contributed by atoms with E-state index in [1.165, 1.54) is 0 Å². The molecule has 1 saturated heterocycles. The topological polar surface area (TPSA) is 79.2 Å². The summed E-state index contributed by atoms with van der Waals surface area (Å²) in [6.45, 7) is 1.48. The van der Waals surface area contributed by atoms with Crippen LogP contribution in [0.4, 0.5) is 0 Å². The number of nitrogens with one attached hydrogen (secondary N) is 1. The number of nitrogens with zero attached hydrogens (tertiary/aromatic N) is 5. The summed E-state index contributed by atoms with van der Waals surface area (Å²) < 4.78 is 1.77. The predicted molar refractivity (Wildman–Crippen MR) is 79.5 cm³/mol. The van der Waals surface area contributed by atoms with Crippen molar-refractivity contribution in [2.75, 3.05) is 13.1 Å². The molecule has 1 atom stereocenters. The van der Waals surface area contributed by atoms with Gasteiger partial charge in [0.15, 0.2) is 5.65 Å². The Balaban J connectivity index is 1.61. The first-order valence-corrected chi connectivity index (χ1v) is 7.40. The van der Waals surface area contributed by atoms with Gasteiger partial charge in [-0.15, -0.1) is 10.2 Å². The van der Waals surface area contributed by atoms with Crippen molar-refractivity contribution in [3.63, 3.8) is 0 Å². The highest BCUT2D eigenvalue weighted by molar-refractivity contribution is 5.99. The molecule has 1 amide bonds. The van der Waals surface area contributed by atoms with Crippen LogP contribution in [0, 0.1) is 0 Å². The summed E-state index contributed by atoms with van der Waals surface area (Å²) in [7, 11) is 0. The highest BCUT2D eigenvalue weighted by Crippen LogP contribution is 2.26. The van der Waals surface area contributed by atoms with E-state index in [-0.39, 0.29) is 5.91 Å². The Morgan fingerprint density at radius 3 is 3.18 bits per heavy atom. The van der Waals surface area contributed by atoms with Crippen LogP contribution in [-0.2, 0) is 0 Å². The zero-order chi connectivity index (χ0) is 14.9. The minimum Gasteiger partial charge on any atom is -0.338 e. The van der Waals surface area contributed by atoms with E-state index in [9.17, 15) is 4.79 Å². The number of hydrogen-bond donors (Lipinski definition) is 1. The highest BCUT2D eigenvalue weighted by Gasteiger charge is 2.27. The Hall–Kier alpha value is -2.70. The molecule has 0 aliphatic carbocycles. The van der Waals surface area contributed by atoms with E-state index in [4.69, 9.17) is 0 Å². The summed E-state index contributed by atoms with van der Waals surface area (Å²) >= 11 is 0. The molecule has 1 aliphatic heterocycles. The molecule has 1 fully saturated rings. The first-order valence-electron chi connectivity index (χ1n) is 7.40. The lowest BCUT2D eigenvalue weighted by Crippen LogP contribution is -2.39. The number of likely N-dealkylation sites (tertiary alicyclic amines) is 1. The molecule has 0 bridgehead atoms. The van der Waals surface area contributed by atoms with Gasteiger partial charge >= 0.3 is 0 Å². The van der Waals surface area contributed by atoms with Crippen LogP contribution in [0.25, 0.3) is 5.65 Å². The molecule has 3 aromatic rings. The smallest absolute Gasteiger partial charge is 0.257 e. The molecule has 0 aromatic carbocycles. The number of amides is 1. The zero-order valence-electron chi connectivity index (χ0n) is 12.0. The van der Waals surface area contributed by atoms with E-state index in [1.54, 1.807) is 16.9 Å². The molecule has 7 heteroatoms. The fourth-order valence-corrected chi connectivity index (χ4v) is 3.10. The summed E-state index contributed by atoms with van der Waals surface area (Å²) in [5.41, 5.74) is 2.31. The summed E-state index contributed by atoms with van der Waals surface area (Å²) in [4.78, 5) is 14.7. The summed E-state index contributed by atoms with van der Waals surface area (Å²) in [6.07, 6.45) is 7.27. The van der Waals surface area contributed by atoms with Crippen molar-refractivity contribution in [1.29, 1.82) is 0 Å². The summed E-state index contributed by atoms with van der Waals surface area (Å²) in [5.74, 6) is 0.334. The standard InChI is InChI=1S/C15H16N6O/c22-15(12-4-2-8-21-10-17-19-14(12)21)20-7-1-3-11(9-20)13-5-6-16-18-13/h2,4-6,8,10-11H,1,3,7,9H2,(H,16,18)/t11-/m1/s1. The van der Waals surface area contributed by atoms with Gasteiger partial charge in [0.25, 0.3) is 5.91 Å². The van der Waals surface area contributed by atoms with Gasteiger partial charge in [0.2, 0.25) is 0 Å². The van der Waals surface area contributed by atoms with Crippen LogP contribution >= 0.6 is 0 Å². The minimum absolute atomic E-state index is 0.0165. The maximum atomic E-state index is 12.8. The maximum absolute atomic E-state index is 12.8. The van der Waals surface area contributed by atoms with Crippen molar-refractivity contribution in [3.05, 3.63) is 48.2 Å².